The van der Waals surface area contributed by atoms with Crippen molar-refractivity contribution in [3.8, 4) is 0 Å². The first kappa shape index (κ1) is 59.1. The molecule has 3 atom stereocenters. The van der Waals surface area contributed by atoms with Gasteiger partial charge in [-0.15, -0.1) is 5.10 Å². The number of nitrogens with one attached hydrogen (secondary N) is 1. The molecular formula is C47H88N5O11P. The van der Waals surface area contributed by atoms with Gasteiger partial charge in [0.05, 0.1) is 18.9 Å². The zero-order valence-corrected chi connectivity index (χ0v) is 40.7. The second-order valence-corrected chi connectivity index (χ2v) is 18.8. The normalized spacial score (nSPS) is 13.3. The number of aliphatic carboxylic acids is 1. The molecule has 0 saturated carbocycles. The Bertz CT molecular complexity index is 1380. The van der Waals surface area contributed by atoms with Crippen LogP contribution in [0.2, 0.25) is 0 Å². The van der Waals surface area contributed by atoms with E-state index in [2.05, 4.69) is 29.5 Å². The van der Waals surface area contributed by atoms with E-state index in [4.69, 9.17) is 29.4 Å². The molecule has 372 valence electrons. The van der Waals surface area contributed by atoms with Crippen LogP contribution in [-0.2, 0) is 55.2 Å². The summed E-state index contributed by atoms with van der Waals surface area (Å²) in [5.74, 6) is -2.32. The molecule has 0 aliphatic carbocycles. The second kappa shape index (κ2) is 40.4. The van der Waals surface area contributed by atoms with E-state index < -0.39 is 44.5 Å². The highest BCUT2D eigenvalue weighted by atomic mass is 31.2. The Morgan fingerprint density at radius 3 is 1.64 bits per heavy atom. The first-order valence-electron chi connectivity index (χ1n) is 25.1. The number of carboxylic acids is 1. The molecule has 0 aromatic carbocycles. The number of nitrogens with zero attached hydrogens (tertiary/aromatic N) is 3. The number of aryl methyl sites for hydroxylation is 1. The van der Waals surface area contributed by atoms with Crippen LogP contribution < -0.4 is 11.1 Å². The number of unbranched alkanes of at least 4 members (excludes halogenated alkanes) is 25. The summed E-state index contributed by atoms with van der Waals surface area (Å²) in [7, 11) is -4.60. The highest BCUT2D eigenvalue weighted by Gasteiger charge is 2.26. The van der Waals surface area contributed by atoms with E-state index in [-0.39, 0.29) is 51.3 Å². The minimum Gasteiger partial charge on any atom is -0.480 e. The Morgan fingerprint density at radius 2 is 1.14 bits per heavy atom. The van der Waals surface area contributed by atoms with E-state index >= 15 is 0 Å². The molecular weight excluding hydrogens is 842 g/mol. The average molecular weight is 930 g/mol. The molecule has 0 bridgehead atoms. The number of carbonyl (C=O) groups is 4. The SMILES string of the molecule is CCCCCCCCCCCCCCCC(=O)OCC(COP(=O)(O)OCCNC(=O)CCCCn1cc(CC(N)C(=O)O)nn1)OC(=O)CCCCCCCCCCCCCCC. The van der Waals surface area contributed by atoms with Crippen molar-refractivity contribution < 1.29 is 52.3 Å². The van der Waals surface area contributed by atoms with Crippen LogP contribution in [0.5, 0.6) is 0 Å². The number of phosphoric acid groups is 1. The van der Waals surface area contributed by atoms with Gasteiger partial charge in [-0.1, -0.05) is 173 Å². The van der Waals surface area contributed by atoms with Crippen LogP contribution in [0.3, 0.4) is 0 Å². The number of phosphoric ester groups is 1. The Kier molecular flexibility index (Phi) is 37.3. The molecule has 16 nitrogen and oxygen atoms in total. The maximum absolute atomic E-state index is 12.8. The maximum Gasteiger partial charge on any atom is 0.472 e. The minimum absolute atomic E-state index is 0.0443. The van der Waals surface area contributed by atoms with Gasteiger partial charge in [0, 0.05) is 45.0 Å². The smallest absolute Gasteiger partial charge is 0.472 e. The summed E-state index contributed by atoms with van der Waals surface area (Å²) in [4.78, 5) is 58.9. The van der Waals surface area contributed by atoms with Gasteiger partial charge in [-0.25, -0.2) is 4.57 Å². The second-order valence-electron chi connectivity index (χ2n) is 17.3. The van der Waals surface area contributed by atoms with E-state index in [1.165, 1.54) is 116 Å². The molecule has 0 aliphatic heterocycles. The molecule has 3 unspecified atom stereocenters. The molecule has 0 fully saturated rings. The van der Waals surface area contributed by atoms with Crippen LogP contribution in [0.25, 0.3) is 0 Å². The van der Waals surface area contributed by atoms with Gasteiger partial charge in [-0.2, -0.15) is 0 Å². The lowest BCUT2D eigenvalue weighted by Gasteiger charge is -2.20. The zero-order valence-electron chi connectivity index (χ0n) is 39.8. The van der Waals surface area contributed by atoms with Gasteiger partial charge in [0.15, 0.2) is 6.10 Å². The van der Waals surface area contributed by atoms with E-state index in [0.717, 1.165) is 38.5 Å². The number of esters is 2. The van der Waals surface area contributed by atoms with Crippen molar-refractivity contribution in [1.82, 2.24) is 20.3 Å². The Labute approximate surface area is 385 Å². The van der Waals surface area contributed by atoms with Gasteiger partial charge in [-0.05, 0) is 25.7 Å². The Hall–Kier alpha value is -2.91. The monoisotopic (exact) mass is 930 g/mol. The van der Waals surface area contributed by atoms with E-state index in [9.17, 15) is 28.6 Å². The predicted molar refractivity (Wildman–Crippen MR) is 249 cm³/mol. The fraction of sp³-hybridized carbons (Fsp3) is 0.872. The summed E-state index contributed by atoms with van der Waals surface area (Å²) < 4.78 is 35.4. The number of carboxylic acid groups (broad SMARTS) is 1. The van der Waals surface area contributed by atoms with Crippen molar-refractivity contribution in [2.75, 3.05) is 26.4 Å². The van der Waals surface area contributed by atoms with Crippen LogP contribution in [-0.4, -0.2) is 87.3 Å². The van der Waals surface area contributed by atoms with Gasteiger partial charge in [0.2, 0.25) is 5.91 Å². The summed E-state index contributed by atoms with van der Waals surface area (Å²) in [6.45, 7) is 3.77. The number of amides is 1. The summed E-state index contributed by atoms with van der Waals surface area (Å²) in [5.41, 5.74) is 6.00. The molecule has 1 heterocycles. The molecule has 0 spiro atoms. The molecule has 17 heteroatoms. The molecule has 64 heavy (non-hydrogen) atoms. The molecule has 1 aromatic rings. The lowest BCUT2D eigenvalue weighted by atomic mass is 10.0. The van der Waals surface area contributed by atoms with E-state index in [1.54, 1.807) is 10.9 Å². The number of ether oxygens (including phenoxy) is 2. The van der Waals surface area contributed by atoms with Crippen molar-refractivity contribution in [1.29, 1.82) is 0 Å². The van der Waals surface area contributed by atoms with Gasteiger partial charge >= 0.3 is 25.7 Å². The third-order valence-corrected chi connectivity index (χ3v) is 12.2. The highest BCUT2D eigenvalue weighted by molar-refractivity contribution is 7.47. The number of hydrogen-bond donors (Lipinski definition) is 4. The van der Waals surface area contributed by atoms with Crippen LogP contribution in [0, 0.1) is 0 Å². The molecule has 0 saturated heterocycles. The first-order chi connectivity index (χ1) is 31.0. The first-order valence-corrected chi connectivity index (χ1v) is 26.6. The summed E-state index contributed by atoms with van der Waals surface area (Å²) in [6.07, 6.45) is 33.2. The average Bonchev–Trinajstić information content (AvgIpc) is 3.72. The van der Waals surface area contributed by atoms with Crippen molar-refractivity contribution >= 4 is 31.6 Å². The van der Waals surface area contributed by atoms with Crippen molar-refractivity contribution in [2.45, 2.75) is 238 Å². The predicted octanol–water partition coefficient (Wildman–Crippen LogP) is 10.1. The van der Waals surface area contributed by atoms with E-state index in [0.29, 0.717) is 37.9 Å². The van der Waals surface area contributed by atoms with Crippen molar-refractivity contribution in [2.24, 2.45) is 5.73 Å². The van der Waals surface area contributed by atoms with Crippen LogP contribution in [0.4, 0.5) is 0 Å². The summed E-state index contributed by atoms with van der Waals surface area (Å²) >= 11 is 0. The lowest BCUT2D eigenvalue weighted by Crippen LogP contribution is -2.32. The number of carbonyl (C=O) groups excluding carboxylic acids is 3. The number of rotatable bonds is 46. The Morgan fingerprint density at radius 1 is 0.672 bits per heavy atom. The van der Waals surface area contributed by atoms with E-state index in [1.807, 2.05) is 0 Å². The Balaban J connectivity index is 2.40. The topological polar surface area (TPSA) is 231 Å². The van der Waals surface area contributed by atoms with Crippen molar-refractivity contribution in [3.05, 3.63) is 11.9 Å². The summed E-state index contributed by atoms with van der Waals surface area (Å²) in [5, 5.41) is 19.4. The lowest BCUT2D eigenvalue weighted by molar-refractivity contribution is -0.161. The molecule has 0 radical (unpaired) electrons. The van der Waals surface area contributed by atoms with Gasteiger partial charge < -0.3 is 30.5 Å². The van der Waals surface area contributed by atoms with Crippen molar-refractivity contribution in [3.63, 3.8) is 0 Å². The number of aromatic nitrogens is 3. The standard InChI is InChI=1S/C47H88N5O11P/c1-3-5-7-9-11-13-15-17-19-21-23-25-27-32-45(54)60-39-42(63-46(55)33-28-26-24-22-20-18-16-14-12-10-8-6-4-2)40-62-64(58,59)61-36-34-49-44(53)31-29-30-35-52-38-41(50-51-52)37-43(48)47(56)57/h38,42-43H,3-37,39-40,48H2,1-2H3,(H,49,53)(H,56,57)(H,58,59). The minimum atomic E-state index is -4.60. The van der Waals surface area contributed by atoms with Crippen LogP contribution >= 0.6 is 7.82 Å². The van der Waals surface area contributed by atoms with Crippen LogP contribution in [0.15, 0.2) is 6.20 Å². The van der Waals surface area contributed by atoms with Crippen LogP contribution in [0.1, 0.15) is 219 Å². The fourth-order valence-corrected chi connectivity index (χ4v) is 8.01. The molecule has 1 rings (SSSR count). The largest absolute Gasteiger partial charge is 0.480 e. The molecule has 1 amide bonds. The van der Waals surface area contributed by atoms with Gasteiger partial charge in [0.25, 0.3) is 0 Å². The number of nitrogens with two attached hydrogens (primary N) is 1. The third-order valence-electron chi connectivity index (χ3n) is 11.2. The maximum atomic E-state index is 12.8. The zero-order chi connectivity index (χ0) is 46.9. The molecule has 5 N–H and O–H groups in total. The third kappa shape index (κ3) is 36.3. The van der Waals surface area contributed by atoms with Gasteiger partial charge in [-0.3, -0.25) is 32.9 Å². The fourth-order valence-electron chi connectivity index (χ4n) is 7.26. The molecule has 1 aromatic heterocycles. The summed E-state index contributed by atoms with van der Waals surface area (Å²) in [6, 6.07) is -1.06. The number of hydrogen-bond acceptors (Lipinski definition) is 12. The van der Waals surface area contributed by atoms with Gasteiger partial charge in [0.1, 0.15) is 12.6 Å². The molecule has 0 aliphatic rings. The quantitative estimate of drug-likeness (QED) is 0.0271. The highest BCUT2D eigenvalue weighted by Crippen LogP contribution is 2.43.